The molecule has 0 amide bonds. The zero-order valence-corrected chi connectivity index (χ0v) is 12.5. The molecule has 0 saturated carbocycles. The number of nitro benzene ring substituents is 1. The first-order valence-electron chi connectivity index (χ1n) is 7.05. The minimum absolute atomic E-state index is 0.0412. The molecule has 4 nitrogen and oxygen atoms in total. The quantitative estimate of drug-likeness (QED) is 0.657. The Kier molecular flexibility index (Phi) is 4.70. The van der Waals surface area contributed by atoms with Gasteiger partial charge in [-0.3, -0.25) is 10.1 Å². The van der Waals surface area contributed by atoms with Crippen LogP contribution < -0.4 is 5.32 Å². The van der Waals surface area contributed by atoms with Crippen LogP contribution in [0.15, 0.2) is 48.5 Å². The summed E-state index contributed by atoms with van der Waals surface area (Å²) >= 11 is 0. The molecule has 0 radical (unpaired) electrons. The second-order valence-corrected chi connectivity index (χ2v) is 5.32. The number of hydrogen-bond donors (Lipinski definition) is 1. The van der Waals surface area contributed by atoms with E-state index in [1.807, 2.05) is 31.2 Å². The average Bonchev–Trinajstić information content (AvgIpc) is 2.48. The van der Waals surface area contributed by atoms with E-state index in [0.717, 1.165) is 5.56 Å². The molecule has 4 heteroatoms. The summed E-state index contributed by atoms with van der Waals surface area (Å²) < 4.78 is 0. The lowest BCUT2D eigenvalue weighted by Gasteiger charge is -2.21. The van der Waals surface area contributed by atoms with Crippen molar-refractivity contribution in [2.75, 3.05) is 0 Å². The number of aryl methyl sites for hydroxylation is 1. The maximum absolute atomic E-state index is 11.0. The maximum Gasteiger partial charge on any atom is 0.272 e. The van der Waals surface area contributed by atoms with Gasteiger partial charge >= 0.3 is 0 Å². The predicted molar refractivity (Wildman–Crippen MR) is 84.2 cm³/mol. The Bertz CT molecular complexity index is 626. The zero-order valence-electron chi connectivity index (χ0n) is 12.5. The van der Waals surface area contributed by atoms with Crippen molar-refractivity contribution in [3.05, 3.63) is 75.3 Å². The van der Waals surface area contributed by atoms with Crippen LogP contribution in [0.1, 0.15) is 42.6 Å². The van der Waals surface area contributed by atoms with Crippen molar-refractivity contribution in [3.63, 3.8) is 0 Å². The summed E-state index contributed by atoms with van der Waals surface area (Å²) in [6.45, 7) is 5.87. The van der Waals surface area contributed by atoms with Gasteiger partial charge in [0.25, 0.3) is 5.69 Å². The van der Waals surface area contributed by atoms with Gasteiger partial charge in [0.05, 0.1) is 4.92 Å². The van der Waals surface area contributed by atoms with Gasteiger partial charge in [0.15, 0.2) is 0 Å². The number of nitrogens with one attached hydrogen (secondary N) is 1. The van der Waals surface area contributed by atoms with E-state index in [0.29, 0.717) is 5.56 Å². The van der Waals surface area contributed by atoms with Crippen molar-refractivity contribution in [2.45, 2.75) is 32.9 Å². The minimum atomic E-state index is -0.327. The van der Waals surface area contributed by atoms with Crippen LogP contribution in [0.3, 0.4) is 0 Å². The summed E-state index contributed by atoms with van der Waals surface area (Å²) in [6, 6.07) is 15.8. The predicted octanol–water partition coefficient (Wildman–Crippen LogP) is 4.32. The van der Waals surface area contributed by atoms with Crippen molar-refractivity contribution >= 4 is 5.69 Å². The molecule has 0 bridgehead atoms. The topological polar surface area (TPSA) is 55.2 Å². The third-order valence-electron chi connectivity index (χ3n) is 3.73. The van der Waals surface area contributed by atoms with Crippen LogP contribution in [0.5, 0.6) is 0 Å². The Morgan fingerprint density at radius 3 is 2.24 bits per heavy atom. The summed E-state index contributed by atoms with van der Waals surface area (Å²) in [6.07, 6.45) is 0. The molecule has 0 aliphatic rings. The van der Waals surface area contributed by atoms with Gasteiger partial charge in [0.2, 0.25) is 0 Å². The van der Waals surface area contributed by atoms with Crippen LogP contribution in [0.25, 0.3) is 0 Å². The third-order valence-corrected chi connectivity index (χ3v) is 3.73. The van der Waals surface area contributed by atoms with E-state index in [4.69, 9.17) is 0 Å². The van der Waals surface area contributed by atoms with E-state index in [9.17, 15) is 10.1 Å². The van der Waals surface area contributed by atoms with Crippen LogP contribution in [0, 0.1) is 17.0 Å². The second-order valence-electron chi connectivity index (χ2n) is 5.32. The van der Waals surface area contributed by atoms with Gasteiger partial charge in [-0.25, -0.2) is 0 Å². The molecule has 2 rings (SSSR count). The fourth-order valence-corrected chi connectivity index (χ4v) is 2.40. The molecule has 110 valence electrons. The van der Waals surface area contributed by atoms with Crippen LogP contribution in [0.2, 0.25) is 0 Å². The highest BCUT2D eigenvalue weighted by Crippen LogP contribution is 2.25. The molecular formula is C17H20N2O2. The average molecular weight is 284 g/mol. The lowest BCUT2D eigenvalue weighted by Crippen LogP contribution is -2.22. The van der Waals surface area contributed by atoms with E-state index in [1.54, 1.807) is 19.1 Å². The van der Waals surface area contributed by atoms with Crippen LogP contribution in [0.4, 0.5) is 5.69 Å². The molecule has 2 atom stereocenters. The van der Waals surface area contributed by atoms with Crippen molar-refractivity contribution in [1.29, 1.82) is 0 Å². The number of nitro groups is 1. The molecule has 0 aliphatic heterocycles. The largest absolute Gasteiger partial charge is 0.304 e. The van der Waals surface area contributed by atoms with Crippen molar-refractivity contribution in [2.24, 2.45) is 0 Å². The summed E-state index contributed by atoms with van der Waals surface area (Å²) in [5.41, 5.74) is 2.99. The Hall–Kier alpha value is -2.20. The van der Waals surface area contributed by atoms with E-state index in [1.165, 1.54) is 5.56 Å². The van der Waals surface area contributed by atoms with Gasteiger partial charge < -0.3 is 5.32 Å². The van der Waals surface area contributed by atoms with E-state index >= 15 is 0 Å². The normalized spacial score (nSPS) is 13.7. The fourth-order valence-electron chi connectivity index (χ4n) is 2.40. The first kappa shape index (κ1) is 15.2. The molecule has 1 N–H and O–H groups in total. The first-order chi connectivity index (χ1) is 9.99. The number of rotatable bonds is 5. The van der Waals surface area contributed by atoms with Gasteiger partial charge in [-0.1, -0.05) is 42.5 Å². The SMILES string of the molecule is Cc1ccc(C(C)N[C@H](C)c2ccccc2)cc1[N+](=O)[O-]. The fraction of sp³-hybridized carbons (Fsp3) is 0.294. The monoisotopic (exact) mass is 284 g/mol. The van der Waals surface area contributed by atoms with Gasteiger partial charge in [0.1, 0.15) is 0 Å². The van der Waals surface area contributed by atoms with Gasteiger partial charge in [-0.2, -0.15) is 0 Å². The highest BCUT2D eigenvalue weighted by Gasteiger charge is 2.16. The van der Waals surface area contributed by atoms with Crippen LogP contribution >= 0.6 is 0 Å². The van der Waals surface area contributed by atoms with Crippen molar-refractivity contribution in [1.82, 2.24) is 5.32 Å². The van der Waals surface area contributed by atoms with E-state index in [-0.39, 0.29) is 22.7 Å². The highest BCUT2D eigenvalue weighted by molar-refractivity contribution is 5.43. The lowest BCUT2D eigenvalue weighted by molar-refractivity contribution is -0.385. The molecule has 2 aromatic carbocycles. The van der Waals surface area contributed by atoms with Gasteiger partial charge in [-0.05, 0) is 31.9 Å². The number of hydrogen-bond acceptors (Lipinski definition) is 3. The standard InChI is InChI=1S/C17H20N2O2/c1-12-9-10-16(11-17(12)19(20)21)14(3)18-13(2)15-7-5-4-6-8-15/h4-11,13-14,18H,1-3H3/t13-,14?/m1/s1. The maximum atomic E-state index is 11.0. The molecule has 2 aromatic rings. The molecule has 1 unspecified atom stereocenters. The minimum Gasteiger partial charge on any atom is -0.304 e. The molecule has 0 aliphatic carbocycles. The van der Waals surface area contributed by atoms with Crippen molar-refractivity contribution < 1.29 is 4.92 Å². The number of benzene rings is 2. The summed E-state index contributed by atoms with van der Waals surface area (Å²) in [4.78, 5) is 10.7. The lowest BCUT2D eigenvalue weighted by atomic mass is 10.0. The molecular weight excluding hydrogens is 264 g/mol. The third kappa shape index (κ3) is 3.67. The molecule has 21 heavy (non-hydrogen) atoms. The Balaban J connectivity index is 2.15. The van der Waals surface area contributed by atoms with Crippen LogP contribution in [-0.2, 0) is 0 Å². The zero-order chi connectivity index (χ0) is 15.4. The first-order valence-corrected chi connectivity index (χ1v) is 7.05. The van der Waals surface area contributed by atoms with Gasteiger partial charge in [0, 0.05) is 23.7 Å². The Labute approximate surface area is 125 Å². The van der Waals surface area contributed by atoms with Gasteiger partial charge in [-0.15, -0.1) is 0 Å². The smallest absolute Gasteiger partial charge is 0.272 e. The molecule has 0 heterocycles. The summed E-state index contributed by atoms with van der Waals surface area (Å²) in [5, 5.41) is 14.5. The second kappa shape index (κ2) is 6.50. The Morgan fingerprint density at radius 1 is 1.00 bits per heavy atom. The molecule has 0 fully saturated rings. The van der Waals surface area contributed by atoms with Crippen LogP contribution in [-0.4, -0.2) is 4.92 Å². The van der Waals surface area contributed by atoms with E-state index in [2.05, 4.69) is 24.4 Å². The molecule has 0 aromatic heterocycles. The highest BCUT2D eigenvalue weighted by atomic mass is 16.6. The Morgan fingerprint density at radius 2 is 1.62 bits per heavy atom. The summed E-state index contributed by atoms with van der Waals surface area (Å²) in [7, 11) is 0. The molecule has 0 saturated heterocycles. The number of nitrogens with zero attached hydrogens (tertiary/aromatic N) is 1. The van der Waals surface area contributed by atoms with Crippen molar-refractivity contribution in [3.8, 4) is 0 Å². The van der Waals surface area contributed by atoms with E-state index < -0.39 is 0 Å². The summed E-state index contributed by atoms with van der Waals surface area (Å²) in [5.74, 6) is 0. The molecule has 0 spiro atoms.